The topological polar surface area (TPSA) is 55.0 Å². The first-order valence-corrected chi connectivity index (χ1v) is 8.41. The molecule has 0 N–H and O–H groups in total. The second-order valence-electron chi connectivity index (χ2n) is 6.00. The minimum Gasteiger partial charge on any atom is -0.496 e. The van der Waals surface area contributed by atoms with Gasteiger partial charge in [0.05, 0.1) is 25.1 Å². The number of para-hydroxylation sites is 1. The van der Waals surface area contributed by atoms with Gasteiger partial charge in [-0.1, -0.05) is 48.5 Å². The van der Waals surface area contributed by atoms with E-state index in [9.17, 15) is 4.79 Å². The number of hydrogen-bond donors (Lipinski definition) is 0. The molecule has 0 saturated heterocycles. The van der Waals surface area contributed by atoms with Gasteiger partial charge in [0.1, 0.15) is 5.75 Å². The third-order valence-electron chi connectivity index (χ3n) is 4.46. The number of carbonyl (C=O) groups is 1. The van der Waals surface area contributed by atoms with Gasteiger partial charge in [0, 0.05) is 12.0 Å². The fourth-order valence-corrected chi connectivity index (χ4v) is 3.20. The smallest absolute Gasteiger partial charge is 0.310 e. The van der Waals surface area contributed by atoms with Crippen molar-refractivity contribution in [3.63, 3.8) is 0 Å². The van der Waals surface area contributed by atoms with Crippen LogP contribution in [0.3, 0.4) is 0 Å². The summed E-state index contributed by atoms with van der Waals surface area (Å²) in [5.74, 6) is 0.735. The Bertz CT molecular complexity index is 933. The first kappa shape index (κ1) is 16.1. The molecule has 3 aromatic rings. The lowest BCUT2D eigenvalue weighted by Crippen LogP contribution is -2.27. The van der Waals surface area contributed by atoms with E-state index >= 15 is 0 Å². The molecule has 0 spiro atoms. The number of nitrogens with zero attached hydrogens (tertiary/aromatic N) is 2. The molecule has 130 valence electrons. The summed E-state index contributed by atoms with van der Waals surface area (Å²) in [7, 11) is 1.63. The van der Waals surface area contributed by atoms with Crippen molar-refractivity contribution in [3.8, 4) is 5.75 Å². The molecule has 0 aliphatic carbocycles. The van der Waals surface area contributed by atoms with Gasteiger partial charge in [-0.15, -0.1) is 0 Å². The number of furan rings is 1. The molecule has 4 rings (SSSR count). The van der Waals surface area contributed by atoms with Crippen LogP contribution in [-0.2, 0) is 0 Å². The highest BCUT2D eigenvalue weighted by atomic mass is 16.5. The van der Waals surface area contributed by atoms with Crippen LogP contribution < -0.4 is 4.74 Å². The van der Waals surface area contributed by atoms with E-state index in [4.69, 9.17) is 9.15 Å². The Morgan fingerprint density at radius 3 is 2.58 bits per heavy atom. The summed E-state index contributed by atoms with van der Waals surface area (Å²) >= 11 is 0. The molecular formula is C21H18N2O3. The van der Waals surface area contributed by atoms with Crippen molar-refractivity contribution in [2.24, 2.45) is 5.10 Å². The van der Waals surface area contributed by atoms with Crippen molar-refractivity contribution in [1.29, 1.82) is 0 Å². The molecule has 2 aromatic carbocycles. The second-order valence-corrected chi connectivity index (χ2v) is 6.00. The van der Waals surface area contributed by atoms with E-state index < -0.39 is 0 Å². The predicted octanol–water partition coefficient (Wildman–Crippen LogP) is 4.28. The minimum absolute atomic E-state index is 0.251. The summed E-state index contributed by atoms with van der Waals surface area (Å²) in [6.45, 7) is 0. The number of amides is 1. The van der Waals surface area contributed by atoms with Crippen molar-refractivity contribution in [1.82, 2.24) is 5.01 Å². The lowest BCUT2D eigenvalue weighted by molar-refractivity contribution is 0.0677. The van der Waals surface area contributed by atoms with Gasteiger partial charge in [-0.05, 0) is 23.8 Å². The number of carbonyl (C=O) groups excluding carboxylic acids is 1. The van der Waals surface area contributed by atoms with Crippen molar-refractivity contribution in [2.75, 3.05) is 7.11 Å². The fraction of sp³-hybridized carbons (Fsp3) is 0.143. The number of benzene rings is 2. The van der Waals surface area contributed by atoms with Crippen LogP contribution in [0.5, 0.6) is 5.75 Å². The zero-order valence-electron chi connectivity index (χ0n) is 14.3. The van der Waals surface area contributed by atoms with Gasteiger partial charge >= 0.3 is 5.91 Å². The maximum absolute atomic E-state index is 13.0. The van der Waals surface area contributed by atoms with Crippen LogP contribution in [0, 0.1) is 0 Å². The van der Waals surface area contributed by atoms with Gasteiger partial charge in [0.2, 0.25) is 0 Å². The first-order valence-electron chi connectivity index (χ1n) is 8.41. The summed E-state index contributed by atoms with van der Waals surface area (Å²) < 4.78 is 10.8. The quantitative estimate of drug-likeness (QED) is 0.708. The zero-order chi connectivity index (χ0) is 17.9. The zero-order valence-corrected chi connectivity index (χ0v) is 14.3. The van der Waals surface area contributed by atoms with Crippen molar-refractivity contribution in [2.45, 2.75) is 12.5 Å². The molecule has 5 nitrogen and oxygen atoms in total. The molecule has 0 bridgehead atoms. The summed E-state index contributed by atoms with van der Waals surface area (Å²) in [4.78, 5) is 13.0. The van der Waals surface area contributed by atoms with Gasteiger partial charge in [-0.3, -0.25) is 4.79 Å². The molecule has 1 aliphatic heterocycles. The molecule has 1 atom stereocenters. The van der Waals surface area contributed by atoms with E-state index in [1.54, 1.807) is 19.2 Å². The molecule has 5 heteroatoms. The predicted molar refractivity (Wildman–Crippen MR) is 98.2 cm³/mol. The molecule has 1 unspecified atom stereocenters. The summed E-state index contributed by atoms with van der Waals surface area (Å²) in [5, 5.41) is 6.13. The van der Waals surface area contributed by atoms with E-state index in [0.717, 1.165) is 22.6 Å². The summed E-state index contributed by atoms with van der Waals surface area (Å²) in [6.07, 6.45) is 2.10. The largest absolute Gasteiger partial charge is 0.496 e. The van der Waals surface area contributed by atoms with Gasteiger partial charge in [-0.2, -0.15) is 5.10 Å². The molecule has 26 heavy (non-hydrogen) atoms. The van der Waals surface area contributed by atoms with Crippen molar-refractivity contribution in [3.05, 3.63) is 89.9 Å². The van der Waals surface area contributed by atoms with Crippen LogP contribution in [0.1, 0.15) is 34.1 Å². The average Bonchev–Trinajstić information content (AvgIpc) is 3.38. The lowest BCUT2D eigenvalue weighted by atomic mass is 9.97. The molecule has 1 aliphatic rings. The monoisotopic (exact) mass is 346 g/mol. The van der Waals surface area contributed by atoms with Crippen molar-refractivity contribution >= 4 is 11.6 Å². The van der Waals surface area contributed by atoms with Crippen molar-refractivity contribution < 1.29 is 13.9 Å². The number of rotatable bonds is 4. The minimum atomic E-state index is -0.267. The Morgan fingerprint density at radius 2 is 1.85 bits per heavy atom. The van der Waals surface area contributed by atoms with Gasteiger partial charge in [0.15, 0.2) is 5.76 Å². The maximum atomic E-state index is 13.0. The van der Waals surface area contributed by atoms with Gasteiger partial charge in [-0.25, -0.2) is 5.01 Å². The van der Waals surface area contributed by atoms with Gasteiger partial charge < -0.3 is 9.15 Å². The summed E-state index contributed by atoms with van der Waals surface area (Å²) in [5.41, 5.74) is 2.79. The van der Waals surface area contributed by atoms with E-state index in [2.05, 4.69) is 5.10 Å². The van der Waals surface area contributed by atoms with E-state index in [1.807, 2.05) is 54.6 Å². The molecule has 1 amide bonds. The van der Waals surface area contributed by atoms with E-state index in [0.29, 0.717) is 6.42 Å². The van der Waals surface area contributed by atoms with Crippen LogP contribution in [-0.4, -0.2) is 23.7 Å². The number of hydrogen-bond acceptors (Lipinski definition) is 4. The Balaban J connectivity index is 1.76. The highest BCUT2D eigenvalue weighted by molar-refractivity contribution is 6.04. The van der Waals surface area contributed by atoms with Crippen LogP contribution in [0.25, 0.3) is 0 Å². The number of methoxy groups -OCH3 is 1. The van der Waals surface area contributed by atoms with Crippen LogP contribution in [0.2, 0.25) is 0 Å². The molecule has 1 aromatic heterocycles. The Morgan fingerprint density at radius 1 is 1.08 bits per heavy atom. The Labute approximate surface area is 151 Å². The van der Waals surface area contributed by atoms with E-state index in [-0.39, 0.29) is 17.7 Å². The highest BCUT2D eigenvalue weighted by Crippen LogP contribution is 2.38. The molecule has 2 heterocycles. The number of ether oxygens (including phenoxy) is 1. The normalized spacial score (nSPS) is 16.4. The molecule has 0 fully saturated rings. The standard InChI is InChI=1S/C21H18N2O3/c1-25-19-11-6-5-10-16(19)18-14-17(15-8-3-2-4-9-15)22-23(18)21(24)20-12-7-13-26-20/h2-13,18H,14H2,1H3. The molecular weight excluding hydrogens is 328 g/mol. The SMILES string of the molecule is COc1ccccc1C1CC(c2ccccc2)=NN1C(=O)c1ccco1. The first-order chi connectivity index (χ1) is 12.8. The Hall–Kier alpha value is -3.34. The summed E-state index contributed by atoms with van der Waals surface area (Å²) in [6, 6.07) is 20.7. The lowest BCUT2D eigenvalue weighted by Gasteiger charge is -2.22. The highest BCUT2D eigenvalue weighted by Gasteiger charge is 2.36. The second kappa shape index (κ2) is 6.88. The third-order valence-corrected chi connectivity index (χ3v) is 4.46. The van der Waals surface area contributed by atoms with E-state index in [1.165, 1.54) is 11.3 Å². The molecule has 0 radical (unpaired) electrons. The Kier molecular flexibility index (Phi) is 4.27. The molecule has 0 saturated carbocycles. The van der Waals surface area contributed by atoms with Gasteiger partial charge in [0.25, 0.3) is 0 Å². The van der Waals surface area contributed by atoms with Crippen LogP contribution in [0.4, 0.5) is 0 Å². The maximum Gasteiger partial charge on any atom is 0.310 e. The fourth-order valence-electron chi connectivity index (χ4n) is 3.20. The van der Waals surface area contributed by atoms with Crippen LogP contribution in [0.15, 0.2) is 82.5 Å². The third kappa shape index (κ3) is 2.88. The average molecular weight is 346 g/mol. The van der Waals surface area contributed by atoms with Crippen LogP contribution >= 0.6 is 0 Å². The number of hydrazone groups is 1.